The Bertz CT molecular complexity index is 848. The molecule has 4 rings (SSSR count). The molecule has 0 bridgehead atoms. The number of aryl methyl sites for hydroxylation is 1. The molecule has 2 amide bonds. The number of H-pyrrole nitrogens is 1. The fraction of sp³-hybridized carbons (Fsp3) is 0.647. The number of nitrogens with zero attached hydrogens (tertiary/aromatic N) is 6. The minimum atomic E-state index is -0.299. The Balaban J connectivity index is 1.37. The van der Waals surface area contributed by atoms with E-state index in [0.29, 0.717) is 49.9 Å². The molecule has 2 N–H and O–H groups in total. The second-order valence-electron chi connectivity index (χ2n) is 7.26. The molecule has 2 aliphatic heterocycles. The lowest BCUT2D eigenvalue weighted by atomic mass is 9.95. The molecule has 2 aromatic heterocycles. The van der Waals surface area contributed by atoms with E-state index < -0.39 is 0 Å². The topological polar surface area (TPSA) is 131 Å². The maximum absolute atomic E-state index is 12.8. The number of amides is 2. The molecule has 2 aromatic rings. The van der Waals surface area contributed by atoms with Crippen molar-refractivity contribution in [2.45, 2.75) is 45.6 Å². The molecule has 2 aliphatic rings. The number of aromatic amines is 1. The maximum atomic E-state index is 12.8. The zero-order valence-electron chi connectivity index (χ0n) is 16.0. The number of hydrogen-bond acceptors (Lipinski definition) is 7. The van der Waals surface area contributed by atoms with Crippen LogP contribution in [0.5, 0.6) is 0 Å². The van der Waals surface area contributed by atoms with Crippen LogP contribution in [0.1, 0.15) is 37.1 Å². The quantitative estimate of drug-likeness (QED) is 0.773. The average Bonchev–Trinajstić information content (AvgIpc) is 3.46. The van der Waals surface area contributed by atoms with Gasteiger partial charge in [-0.2, -0.15) is 15.0 Å². The Morgan fingerprint density at radius 3 is 2.64 bits per heavy atom. The standard InChI is InChI=1S/C17H24N8O3/c1-10-14(11(2)25(21-10)17-19-22-23-20-17)18-15(26)12-5-7-24(8-6-12)16(27)13-4-3-9-28-13/h12-13H,3-9H2,1-2H3,(H,18,26)(H,19,20,22,23). The van der Waals surface area contributed by atoms with Crippen LogP contribution in [0, 0.1) is 19.8 Å². The molecule has 28 heavy (non-hydrogen) atoms. The third kappa shape index (κ3) is 3.49. The van der Waals surface area contributed by atoms with Crippen LogP contribution >= 0.6 is 0 Å². The second-order valence-corrected chi connectivity index (χ2v) is 7.26. The summed E-state index contributed by atoms with van der Waals surface area (Å²) in [7, 11) is 0. The zero-order chi connectivity index (χ0) is 19.7. The van der Waals surface area contributed by atoms with Gasteiger partial charge in [0.15, 0.2) is 0 Å². The molecule has 11 nitrogen and oxygen atoms in total. The van der Waals surface area contributed by atoms with Crippen molar-refractivity contribution < 1.29 is 14.3 Å². The molecule has 1 unspecified atom stereocenters. The van der Waals surface area contributed by atoms with Crippen LogP contribution in [-0.2, 0) is 14.3 Å². The van der Waals surface area contributed by atoms with Crippen LogP contribution in [0.25, 0.3) is 5.95 Å². The molecule has 2 saturated heterocycles. The number of piperidine rings is 1. The monoisotopic (exact) mass is 388 g/mol. The lowest BCUT2D eigenvalue weighted by Crippen LogP contribution is -2.45. The highest BCUT2D eigenvalue weighted by Gasteiger charge is 2.33. The van der Waals surface area contributed by atoms with E-state index in [1.54, 1.807) is 0 Å². The summed E-state index contributed by atoms with van der Waals surface area (Å²) in [5, 5.41) is 21.1. The van der Waals surface area contributed by atoms with Crippen molar-refractivity contribution in [1.82, 2.24) is 35.3 Å². The van der Waals surface area contributed by atoms with Crippen LogP contribution in [-0.4, -0.2) is 72.9 Å². The Morgan fingerprint density at radius 2 is 2.00 bits per heavy atom. The first kappa shape index (κ1) is 18.5. The summed E-state index contributed by atoms with van der Waals surface area (Å²) >= 11 is 0. The molecule has 150 valence electrons. The van der Waals surface area contributed by atoms with Gasteiger partial charge in [0, 0.05) is 25.6 Å². The predicted octanol–water partition coefficient (Wildman–Crippen LogP) is 0.358. The van der Waals surface area contributed by atoms with Crippen LogP contribution in [0.3, 0.4) is 0 Å². The Hall–Kier alpha value is -2.82. The number of anilines is 1. The first-order valence-electron chi connectivity index (χ1n) is 9.56. The third-order valence-electron chi connectivity index (χ3n) is 5.45. The van der Waals surface area contributed by atoms with E-state index in [-0.39, 0.29) is 23.8 Å². The van der Waals surface area contributed by atoms with Gasteiger partial charge in [-0.1, -0.05) is 5.10 Å². The minimum Gasteiger partial charge on any atom is -0.368 e. The Labute approximate surface area is 161 Å². The lowest BCUT2D eigenvalue weighted by Gasteiger charge is -2.32. The molecule has 0 saturated carbocycles. The van der Waals surface area contributed by atoms with E-state index in [1.165, 1.54) is 4.68 Å². The first-order valence-corrected chi connectivity index (χ1v) is 9.56. The third-order valence-corrected chi connectivity index (χ3v) is 5.45. The van der Waals surface area contributed by atoms with Crippen molar-refractivity contribution in [2.24, 2.45) is 5.92 Å². The minimum absolute atomic E-state index is 0.0527. The van der Waals surface area contributed by atoms with Crippen LogP contribution in [0.4, 0.5) is 5.69 Å². The van der Waals surface area contributed by atoms with Crippen molar-refractivity contribution in [2.75, 3.05) is 25.0 Å². The molecular formula is C17H24N8O3. The average molecular weight is 388 g/mol. The fourth-order valence-corrected chi connectivity index (χ4v) is 3.83. The van der Waals surface area contributed by atoms with Gasteiger partial charge in [-0.25, -0.2) is 0 Å². The molecule has 2 fully saturated rings. The lowest BCUT2D eigenvalue weighted by molar-refractivity contribution is -0.143. The molecule has 1 atom stereocenters. The summed E-state index contributed by atoms with van der Waals surface area (Å²) in [4.78, 5) is 27.0. The highest BCUT2D eigenvalue weighted by molar-refractivity contribution is 5.94. The number of carbonyl (C=O) groups excluding carboxylic acids is 2. The van der Waals surface area contributed by atoms with Gasteiger partial charge in [-0.3, -0.25) is 9.59 Å². The summed E-state index contributed by atoms with van der Waals surface area (Å²) in [5.41, 5.74) is 2.08. The molecule has 4 heterocycles. The molecule has 0 radical (unpaired) electrons. The summed E-state index contributed by atoms with van der Waals surface area (Å²) in [6.07, 6.45) is 2.71. The van der Waals surface area contributed by atoms with Gasteiger partial charge in [0.2, 0.25) is 5.91 Å². The molecular weight excluding hydrogens is 364 g/mol. The van der Waals surface area contributed by atoms with Crippen LogP contribution in [0.2, 0.25) is 0 Å². The summed E-state index contributed by atoms with van der Waals surface area (Å²) in [5.74, 6) is 0.190. The van der Waals surface area contributed by atoms with Crippen molar-refractivity contribution in [3.63, 3.8) is 0 Å². The van der Waals surface area contributed by atoms with E-state index in [2.05, 4.69) is 31.0 Å². The number of rotatable bonds is 4. The maximum Gasteiger partial charge on any atom is 0.290 e. The molecule has 11 heteroatoms. The summed E-state index contributed by atoms with van der Waals surface area (Å²) < 4.78 is 7.02. The molecule has 0 spiro atoms. The van der Waals surface area contributed by atoms with E-state index in [0.717, 1.165) is 18.5 Å². The van der Waals surface area contributed by atoms with E-state index in [4.69, 9.17) is 4.74 Å². The first-order chi connectivity index (χ1) is 13.5. The van der Waals surface area contributed by atoms with E-state index in [9.17, 15) is 9.59 Å². The normalized spacial score (nSPS) is 20.5. The highest BCUT2D eigenvalue weighted by atomic mass is 16.5. The van der Waals surface area contributed by atoms with Crippen molar-refractivity contribution in [3.05, 3.63) is 11.4 Å². The van der Waals surface area contributed by atoms with Gasteiger partial charge in [0.25, 0.3) is 11.9 Å². The summed E-state index contributed by atoms with van der Waals surface area (Å²) in [6.45, 7) is 5.48. The SMILES string of the molecule is Cc1nn(-c2nn[nH]n2)c(C)c1NC(=O)C1CCN(C(=O)C2CCCO2)CC1. The van der Waals surface area contributed by atoms with Crippen molar-refractivity contribution in [1.29, 1.82) is 0 Å². The number of tetrazole rings is 1. The van der Waals surface area contributed by atoms with Gasteiger partial charge >= 0.3 is 0 Å². The Morgan fingerprint density at radius 1 is 1.21 bits per heavy atom. The highest BCUT2D eigenvalue weighted by Crippen LogP contribution is 2.25. The number of carbonyl (C=O) groups is 2. The second kappa shape index (κ2) is 7.66. The van der Waals surface area contributed by atoms with Crippen LogP contribution < -0.4 is 5.32 Å². The van der Waals surface area contributed by atoms with E-state index in [1.807, 2.05) is 18.7 Å². The fourth-order valence-electron chi connectivity index (χ4n) is 3.83. The number of aromatic nitrogens is 6. The molecule has 0 aliphatic carbocycles. The number of hydrogen-bond donors (Lipinski definition) is 2. The van der Waals surface area contributed by atoms with Gasteiger partial charge in [-0.15, -0.1) is 5.10 Å². The van der Waals surface area contributed by atoms with Gasteiger partial charge in [-0.05, 0) is 44.7 Å². The number of ether oxygens (including phenoxy) is 1. The smallest absolute Gasteiger partial charge is 0.290 e. The largest absolute Gasteiger partial charge is 0.368 e. The summed E-state index contributed by atoms with van der Waals surface area (Å²) in [6, 6.07) is 0. The van der Waals surface area contributed by atoms with Crippen LogP contribution in [0.15, 0.2) is 0 Å². The van der Waals surface area contributed by atoms with Gasteiger partial charge in [0.05, 0.1) is 17.1 Å². The van der Waals surface area contributed by atoms with Gasteiger partial charge in [0.1, 0.15) is 6.10 Å². The van der Waals surface area contributed by atoms with E-state index >= 15 is 0 Å². The van der Waals surface area contributed by atoms with Crippen molar-refractivity contribution >= 4 is 17.5 Å². The zero-order valence-corrected chi connectivity index (χ0v) is 16.0. The van der Waals surface area contributed by atoms with Gasteiger partial charge < -0.3 is 15.0 Å². The predicted molar refractivity (Wildman–Crippen MR) is 97.7 cm³/mol. The Kier molecular flexibility index (Phi) is 5.07. The number of likely N-dealkylation sites (tertiary alicyclic amines) is 1. The molecule has 0 aromatic carbocycles. The van der Waals surface area contributed by atoms with Crippen molar-refractivity contribution in [3.8, 4) is 5.95 Å². The number of nitrogens with one attached hydrogen (secondary N) is 2.